The molecule has 0 aromatic heterocycles. The summed E-state index contributed by atoms with van der Waals surface area (Å²) in [6.07, 6.45) is 0. The third-order valence-electron chi connectivity index (χ3n) is 2.41. The first-order valence-corrected chi connectivity index (χ1v) is 5.53. The molecule has 1 rings (SSSR count). The van der Waals surface area contributed by atoms with Crippen molar-refractivity contribution in [2.45, 2.75) is 20.8 Å². The lowest BCUT2D eigenvalue weighted by Crippen LogP contribution is -2.30. The van der Waals surface area contributed by atoms with Crippen molar-refractivity contribution in [3.63, 3.8) is 0 Å². The van der Waals surface area contributed by atoms with Gasteiger partial charge in [-0.05, 0) is 38.5 Å². The van der Waals surface area contributed by atoms with Crippen LogP contribution in [-0.2, 0) is 0 Å². The second kappa shape index (κ2) is 5.17. The summed E-state index contributed by atoms with van der Waals surface area (Å²) in [5.74, 6) is 0.00463. The van der Waals surface area contributed by atoms with E-state index in [1.54, 1.807) is 11.0 Å². The van der Waals surface area contributed by atoms with Gasteiger partial charge in [-0.3, -0.25) is 4.79 Å². The summed E-state index contributed by atoms with van der Waals surface area (Å²) in [6.45, 7) is 7.30. The minimum atomic E-state index is 0.00463. The van der Waals surface area contributed by atoms with E-state index in [0.717, 1.165) is 5.56 Å². The minimum Gasteiger partial charge on any atom is -0.339 e. The van der Waals surface area contributed by atoms with Crippen LogP contribution in [0.4, 0.5) is 0 Å². The fourth-order valence-electron chi connectivity index (χ4n) is 1.47. The summed E-state index contributed by atoms with van der Waals surface area (Å²) >= 11 is 6.03. The number of carbonyl (C=O) groups is 1. The summed E-state index contributed by atoms with van der Waals surface area (Å²) < 4.78 is 0. The summed E-state index contributed by atoms with van der Waals surface area (Å²) in [5.41, 5.74) is 1.65. The Morgan fingerprint density at radius 3 is 2.40 bits per heavy atom. The SMILES string of the molecule is CCN(CC)C(=O)c1ccc(C)cc1Cl. The molecular formula is C12H16ClNO. The minimum absolute atomic E-state index is 0.00463. The second-order valence-electron chi connectivity index (χ2n) is 3.46. The molecule has 0 radical (unpaired) electrons. The Hall–Kier alpha value is -1.02. The van der Waals surface area contributed by atoms with Crippen LogP contribution in [0.3, 0.4) is 0 Å². The Labute approximate surface area is 95.8 Å². The Morgan fingerprint density at radius 2 is 1.93 bits per heavy atom. The Balaban J connectivity index is 3.00. The van der Waals surface area contributed by atoms with E-state index in [2.05, 4.69) is 0 Å². The molecular weight excluding hydrogens is 210 g/mol. The molecule has 0 bridgehead atoms. The highest BCUT2D eigenvalue weighted by Gasteiger charge is 2.15. The van der Waals surface area contributed by atoms with Crippen LogP contribution in [0.5, 0.6) is 0 Å². The number of benzene rings is 1. The molecule has 0 aliphatic heterocycles. The molecule has 82 valence electrons. The first-order chi connectivity index (χ1) is 7.10. The molecule has 0 fully saturated rings. The molecule has 0 aliphatic rings. The predicted molar refractivity (Wildman–Crippen MR) is 63.4 cm³/mol. The van der Waals surface area contributed by atoms with E-state index in [-0.39, 0.29) is 5.91 Å². The van der Waals surface area contributed by atoms with Crippen molar-refractivity contribution in [1.82, 2.24) is 4.90 Å². The predicted octanol–water partition coefficient (Wildman–Crippen LogP) is 3.13. The zero-order valence-corrected chi connectivity index (χ0v) is 10.1. The van der Waals surface area contributed by atoms with Gasteiger partial charge in [-0.2, -0.15) is 0 Å². The molecule has 1 amide bonds. The van der Waals surface area contributed by atoms with Gasteiger partial charge in [0.2, 0.25) is 0 Å². The first kappa shape index (κ1) is 12.1. The van der Waals surface area contributed by atoms with Crippen LogP contribution >= 0.6 is 11.6 Å². The van der Waals surface area contributed by atoms with E-state index in [0.29, 0.717) is 23.7 Å². The number of nitrogens with zero attached hydrogens (tertiary/aromatic N) is 1. The van der Waals surface area contributed by atoms with Gasteiger partial charge in [0.1, 0.15) is 0 Å². The number of carbonyl (C=O) groups excluding carboxylic acids is 1. The van der Waals surface area contributed by atoms with Gasteiger partial charge < -0.3 is 4.90 Å². The van der Waals surface area contributed by atoms with E-state index in [1.165, 1.54) is 0 Å². The van der Waals surface area contributed by atoms with Gasteiger partial charge in [-0.1, -0.05) is 17.7 Å². The number of aryl methyl sites for hydroxylation is 1. The first-order valence-electron chi connectivity index (χ1n) is 5.15. The average molecular weight is 226 g/mol. The van der Waals surface area contributed by atoms with E-state index >= 15 is 0 Å². The van der Waals surface area contributed by atoms with Gasteiger partial charge in [0.25, 0.3) is 5.91 Å². The lowest BCUT2D eigenvalue weighted by Gasteiger charge is -2.19. The Bertz CT molecular complexity index is 359. The van der Waals surface area contributed by atoms with Crippen LogP contribution in [-0.4, -0.2) is 23.9 Å². The molecule has 0 heterocycles. The van der Waals surface area contributed by atoms with E-state index in [1.807, 2.05) is 32.9 Å². The maximum absolute atomic E-state index is 12.0. The van der Waals surface area contributed by atoms with Crippen LogP contribution in [0.2, 0.25) is 5.02 Å². The lowest BCUT2D eigenvalue weighted by atomic mass is 10.1. The standard InChI is InChI=1S/C12H16ClNO/c1-4-14(5-2)12(15)10-7-6-9(3)8-11(10)13/h6-8H,4-5H2,1-3H3. The maximum Gasteiger partial charge on any atom is 0.255 e. The highest BCUT2D eigenvalue weighted by molar-refractivity contribution is 6.33. The highest BCUT2D eigenvalue weighted by Crippen LogP contribution is 2.19. The molecule has 0 aliphatic carbocycles. The van der Waals surface area contributed by atoms with E-state index < -0.39 is 0 Å². The highest BCUT2D eigenvalue weighted by atomic mass is 35.5. The average Bonchev–Trinajstić information content (AvgIpc) is 2.19. The van der Waals surface area contributed by atoms with Crippen LogP contribution in [0.15, 0.2) is 18.2 Å². The fraction of sp³-hybridized carbons (Fsp3) is 0.417. The quantitative estimate of drug-likeness (QED) is 0.774. The van der Waals surface area contributed by atoms with Crippen molar-refractivity contribution in [1.29, 1.82) is 0 Å². The monoisotopic (exact) mass is 225 g/mol. The Kier molecular flexibility index (Phi) is 4.15. The third kappa shape index (κ3) is 2.72. The molecule has 0 atom stereocenters. The zero-order valence-electron chi connectivity index (χ0n) is 9.38. The van der Waals surface area contributed by atoms with Crippen molar-refractivity contribution in [2.75, 3.05) is 13.1 Å². The van der Waals surface area contributed by atoms with Gasteiger partial charge >= 0.3 is 0 Å². The van der Waals surface area contributed by atoms with Gasteiger partial charge in [-0.25, -0.2) is 0 Å². The number of halogens is 1. The maximum atomic E-state index is 12.0. The molecule has 3 heteroatoms. The van der Waals surface area contributed by atoms with Crippen molar-refractivity contribution >= 4 is 17.5 Å². The molecule has 0 unspecified atom stereocenters. The molecule has 2 nitrogen and oxygen atoms in total. The smallest absolute Gasteiger partial charge is 0.255 e. The molecule has 15 heavy (non-hydrogen) atoms. The molecule has 0 saturated heterocycles. The molecule has 1 aromatic rings. The largest absolute Gasteiger partial charge is 0.339 e. The molecule has 0 N–H and O–H groups in total. The van der Waals surface area contributed by atoms with Crippen molar-refractivity contribution in [3.05, 3.63) is 34.3 Å². The summed E-state index contributed by atoms with van der Waals surface area (Å²) in [7, 11) is 0. The van der Waals surface area contributed by atoms with Gasteiger partial charge in [0, 0.05) is 13.1 Å². The van der Waals surface area contributed by atoms with Gasteiger partial charge in [0.05, 0.1) is 10.6 Å². The van der Waals surface area contributed by atoms with Gasteiger partial charge in [0.15, 0.2) is 0 Å². The summed E-state index contributed by atoms with van der Waals surface area (Å²) in [4.78, 5) is 13.7. The van der Waals surface area contributed by atoms with Crippen LogP contribution in [0, 0.1) is 6.92 Å². The number of amides is 1. The normalized spacial score (nSPS) is 10.1. The fourth-order valence-corrected chi connectivity index (χ4v) is 1.79. The van der Waals surface area contributed by atoms with Crippen molar-refractivity contribution in [3.8, 4) is 0 Å². The third-order valence-corrected chi connectivity index (χ3v) is 2.72. The van der Waals surface area contributed by atoms with Crippen LogP contribution < -0.4 is 0 Å². The molecule has 0 saturated carbocycles. The summed E-state index contributed by atoms with van der Waals surface area (Å²) in [6, 6.07) is 5.51. The molecule has 0 spiro atoms. The summed E-state index contributed by atoms with van der Waals surface area (Å²) in [5, 5.41) is 0.534. The van der Waals surface area contributed by atoms with Crippen molar-refractivity contribution < 1.29 is 4.79 Å². The van der Waals surface area contributed by atoms with Gasteiger partial charge in [-0.15, -0.1) is 0 Å². The van der Waals surface area contributed by atoms with Crippen LogP contribution in [0.25, 0.3) is 0 Å². The van der Waals surface area contributed by atoms with Crippen LogP contribution in [0.1, 0.15) is 29.8 Å². The van der Waals surface area contributed by atoms with Crippen molar-refractivity contribution in [2.24, 2.45) is 0 Å². The number of rotatable bonds is 3. The zero-order chi connectivity index (χ0) is 11.4. The second-order valence-corrected chi connectivity index (χ2v) is 3.87. The molecule has 1 aromatic carbocycles. The van der Waals surface area contributed by atoms with E-state index in [9.17, 15) is 4.79 Å². The van der Waals surface area contributed by atoms with E-state index in [4.69, 9.17) is 11.6 Å². The number of hydrogen-bond acceptors (Lipinski definition) is 1. The Morgan fingerprint density at radius 1 is 1.33 bits per heavy atom. The number of hydrogen-bond donors (Lipinski definition) is 0. The lowest BCUT2D eigenvalue weighted by molar-refractivity contribution is 0.0773. The topological polar surface area (TPSA) is 20.3 Å².